The molecule has 2 aromatic carbocycles. The second kappa shape index (κ2) is 10.5. The van der Waals surface area contributed by atoms with Crippen molar-refractivity contribution in [3.63, 3.8) is 0 Å². The van der Waals surface area contributed by atoms with Crippen LogP contribution in [0, 0.1) is 11.7 Å². The van der Waals surface area contributed by atoms with Gasteiger partial charge in [0, 0.05) is 31.5 Å². The largest absolute Gasteiger partial charge is 0.352 e. The molecule has 0 bridgehead atoms. The van der Waals surface area contributed by atoms with Crippen molar-refractivity contribution in [2.45, 2.75) is 45.7 Å². The van der Waals surface area contributed by atoms with Gasteiger partial charge in [-0.2, -0.15) is 4.98 Å². The number of benzene rings is 2. The Balaban J connectivity index is 1.19. The zero-order chi connectivity index (χ0) is 22.3. The van der Waals surface area contributed by atoms with E-state index < -0.39 is 0 Å². The highest BCUT2D eigenvalue weighted by Gasteiger charge is 2.15. The third-order valence-electron chi connectivity index (χ3n) is 5.93. The Bertz CT molecular complexity index is 1010. The Labute approximate surface area is 187 Å². The van der Waals surface area contributed by atoms with E-state index in [0.29, 0.717) is 30.2 Å². The van der Waals surface area contributed by atoms with Crippen LogP contribution >= 0.6 is 0 Å². The van der Waals surface area contributed by atoms with E-state index in [1.165, 1.54) is 43.6 Å². The number of carbonyl (C=O) groups excluding carboxylic acids is 1. The maximum Gasteiger partial charge on any atom is 0.227 e. The number of aromatic nitrogens is 2. The number of rotatable bonds is 8. The first kappa shape index (κ1) is 22.1. The van der Waals surface area contributed by atoms with Crippen LogP contribution in [0.2, 0.25) is 0 Å². The van der Waals surface area contributed by atoms with Crippen LogP contribution in [0.25, 0.3) is 11.4 Å². The molecule has 0 spiro atoms. The van der Waals surface area contributed by atoms with Crippen LogP contribution in [0.1, 0.15) is 43.2 Å². The summed E-state index contributed by atoms with van der Waals surface area (Å²) in [4.78, 5) is 19.0. The summed E-state index contributed by atoms with van der Waals surface area (Å²) in [6.07, 6.45) is 3.17. The van der Waals surface area contributed by atoms with Crippen LogP contribution in [-0.4, -0.2) is 34.0 Å². The van der Waals surface area contributed by atoms with Gasteiger partial charge in [-0.1, -0.05) is 36.3 Å². The molecule has 1 aliphatic rings. The number of hydrogen-bond acceptors (Lipinski definition) is 5. The van der Waals surface area contributed by atoms with Crippen LogP contribution in [0.4, 0.5) is 4.39 Å². The van der Waals surface area contributed by atoms with Gasteiger partial charge < -0.3 is 9.84 Å². The lowest BCUT2D eigenvalue weighted by atomic mass is 9.99. The maximum atomic E-state index is 13.0. The Morgan fingerprint density at radius 2 is 1.78 bits per heavy atom. The van der Waals surface area contributed by atoms with Crippen molar-refractivity contribution in [3.05, 3.63) is 71.4 Å². The summed E-state index contributed by atoms with van der Waals surface area (Å²) >= 11 is 0. The van der Waals surface area contributed by atoms with E-state index in [2.05, 4.69) is 51.5 Å². The molecule has 1 aromatic heterocycles. The monoisotopic (exact) mass is 436 g/mol. The summed E-state index contributed by atoms with van der Waals surface area (Å²) in [6, 6.07) is 14.3. The first-order valence-electron chi connectivity index (χ1n) is 11.2. The van der Waals surface area contributed by atoms with Gasteiger partial charge in [0.05, 0.1) is 0 Å². The quantitative estimate of drug-likeness (QED) is 0.568. The summed E-state index contributed by atoms with van der Waals surface area (Å²) in [7, 11) is 0. The number of amides is 1. The molecule has 7 heteroatoms. The highest BCUT2D eigenvalue weighted by atomic mass is 19.1. The molecule has 1 saturated heterocycles. The van der Waals surface area contributed by atoms with E-state index in [1.807, 2.05) is 0 Å². The van der Waals surface area contributed by atoms with Gasteiger partial charge in [-0.15, -0.1) is 0 Å². The average Bonchev–Trinajstić information content (AvgIpc) is 3.28. The second-order valence-electron chi connectivity index (χ2n) is 8.57. The van der Waals surface area contributed by atoms with Crippen molar-refractivity contribution in [1.29, 1.82) is 0 Å². The van der Waals surface area contributed by atoms with Crippen molar-refractivity contribution >= 4 is 5.91 Å². The van der Waals surface area contributed by atoms with Crippen LogP contribution < -0.4 is 5.32 Å². The fraction of sp³-hybridized carbons (Fsp3) is 0.400. The van der Waals surface area contributed by atoms with Gasteiger partial charge in [0.2, 0.25) is 17.6 Å². The molecule has 0 aliphatic carbocycles. The molecule has 32 heavy (non-hydrogen) atoms. The molecule has 2 heterocycles. The van der Waals surface area contributed by atoms with E-state index in [0.717, 1.165) is 18.0 Å². The molecule has 4 rings (SSSR count). The number of hydrogen-bond donors (Lipinski definition) is 1. The number of piperidine rings is 1. The molecule has 1 fully saturated rings. The van der Waals surface area contributed by atoms with Crippen LogP contribution in [0.15, 0.2) is 53.1 Å². The zero-order valence-corrected chi connectivity index (χ0v) is 18.4. The number of halogens is 1. The highest BCUT2D eigenvalue weighted by molar-refractivity contribution is 5.76. The number of aryl methyl sites for hydroxylation is 1. The normalized spacial score (nSPS) is 15.1. The van der Waals surface area contributed by atoms with Gasteiger partial charge in [0.25, 0.3) is 0 Å². The number of likely N-dealkylation sites (tertiary alicyclic amines) is 1. The standard InChI is InChI=1S/C25H29FN4O2/c1-18-12-14-30(15-13-18)17-20-4-2-19(3-5-20)16-27-23(31)10-11-24-28-25(29-32-24)21-6-8-22(26)9-7-21/h2-9,18H,10-17H2,1H3,(H,27,31). The number of nitrogens with one attached hydrogen (secondary N) is 1. The van der Waals surface area contributed by atoms with E-state index >= 15 is 0 Å². The lowest BCUT2D eigenvalue weighted by molar-refractivity contribution is -0.121. The fourth-order valence-corrected chi connectivity index (χ4v) is 3.82. The molecule has 0 saturated carbocycles. The molecule has 3 aromatic rings. The third-order valence-corrected chi connectivity index (χ3v) is 5.93. The van der Waals surface area contributed by atoms with Crippen molar-refractivity contribution in [2.75, 3.05) is 13.1 Å². The van der Waals surface area contributed by atoms with E-state index in [4.69, 9.17) is 4.52 Å². The molecule has 1 aliphatic heterocycles. The van der Waals surface area contributed by atoms with E-state index in [-0.39, 0.29) is 18.1 Å². The first-order valence-corrected chi connectivity index (χ1v) is 11.2. The van der Waals surface area contributed by atoms with Gasteiger partial charge >= 0.3 is 0 Å². The van der Waals surface area contributed by atoms with Crippen LogP contribution in [-0.2, 0) is 24.3 Å². The SMILES string of the molecule is CC1CCN(Cc2ccc(CNC(=O)CCc3nc(-c4ccc(F)cc4)no3)cc2)CC1. The fourth-order valence-electron chi connectivity index (χ4n) is 3.82. The molecule has 0 radical (unpaired) electrons. The molecule has 0 atom stereocenters. The molecule has 168 valence electrons. The third kappa shape index (κ3) is 6.23. The topological polar surface area (TPSA) is 71.3 Å². The predicted octanol–water partition coefficient (Wildman–Crippen LogP) is 4.36. The summed E-state index contributed by atoms with van der Waals surface area (Å²) in [5, 5.41) is 6.84. The zero-order valence-electron chi connectivity index (χ0n) is 18.4. The minimum absolute atomic E-state index is 0.0713. The molecule has 1 N–H and O–H groups in total. The molecule has 0 unspecified atom stereocenters. The Kier molecular flexibility index (Phi) is 7.27. The van der Waals surface area contributed by atoms with Crippen molar-refractivity contribution < 1.29 is 13.7 Å². The lowest BCUT2D eigenvalue weighted by Crippen LogP contribution is -2.32. The molecule has 1 amide bonds. The maximum absolute atomic E-state index is 13.0. The summed E-state index contributed by atoms with van der Waals surface area (Å²) in [5.41, 5.74) is 3.05. The second-order valence-corrected chi connectivity index (χ2v) is 8.57. The molecular weight excluding hydrogens is 407 g/mol. The van der Waals surface area contributed by atoms with Gasteiger partial charge in [0.1, 0.15) is 5.82 Å². The molecular formula is C25H29FN4O2. The average molecular weight is 437 g/mol. The highest BCUT2D eigenvalue weighted by Crippen LogP contribution is 2.19. The van der Waals surface area contributed by atoms with E-state index in [1.54, 1.807) is 12.1 Å². The Morgan fingerprint density at radius 1 is 1.09 bits per heavy atom. The van der Waals surface area contributed by atoms with Crippen molar-refractivity contribution in [2.24, 2.45) is 5.92 Å². The number of nitrogens with zero attached hydrogens (tertiary/aromatic N) is 3. The molecule has 6 nitrogen and oxygen atoms in total. The van der Waals surface area contributed by atoms with E-state index in [9.17, 15) is 9.18 Å². The Morgan fingerprint density at radius 3 is 2.50 bits per heavy atom. The first-order chi connectivity index (χ1) is 15.5. The summed E-state index contributed by atoms with van der Waals surface area (Å²) in [6.45, 7) is 6.15. The minimum Gasteiger partial charge on any atom is -0.352 e. The van der Waals surface area contributed by atoms with Crippen LogP contribution in [0.3, 0.4) is 0 Å². The number of carbonyl (C=O) groups is 1. The van der Waals surface area contributed by atoms with Crippen molar-refractivity contribution in [3.8, 4) is 11.4 Å². The van der Waals surface area contributed by atoms with Crippen molar-refractivity contribution in [1.82, 2.24) is 20.4 Å². The summed E-state index contributed by atoms with van der Waals surface area (Å²) < 4.78 is 18.2. The minimum atomic E-state index is -0.319. The van der Waals surface area contributed by atoms with Gasteiger partial charge in [-0.25, -0.2) is 4.39 Å². The lowest BCUT2D eigenvalue weighted by Gasteiger charge is -2.30. The van der Waals surface area contributed by atoms with Crippen LogP contribution in [0.5, 0.6) is 0 Å². The van der Waals surface area contributed by atoms with Gasteiger partial charge in [0.15, 0.2) is 0 Å². The summed E-state index contributed by atoms with van der Waals surface area (Å²) in [5.74, 6) is 1.22. The smallest absolute Gasteiger partial charge is 0.227 e. The van der Waals surface area contributed by atoms with Gasteiger partial charge in [-0.3, -0.25) is 9.69 Å². The predicted molar refractivity (Wildman–Crippen MR) is 120 cm³/mol. The van der Waals surface area contributed by atoms with Gasteiger partial charge in [-0.05, 0) is 67.2 Å². The Hall–Kier alpha value is -3.06.